The van der Waals surface area contributed by atoms with Crippen LogP contribution in [-0.2, 0) is 9.59 Å². The second kappa shape index (κ2) is 7.80. The summed E-state index contributed by atoms with van der Waals surface area (Å²) in [6.07, 6.45) is 2.15. The molecule has 1 aliphatic carbocycles. The summed E-state index contributed by atoms with van der Waals surface area (Å²) >= 11 is 1.40. The van der Waals surface area contributed by atoms with Crippen molar-refractivity contribution in [3.8, 4) is 0 Å². The minimum Gasteiger partial charge on any atom is -0.326 e. The van der Waals surface area contributed by atoms with Crippen LogP contribution in [0.3, 0.4) is 0 Å². The summed E-state index contributed by atoms with van der Waals surface area (Å²) < 4.78 is 0. The number of hydrogen-bond acceptors (Lipinski definition) is 4. The van der Waals surface area contributed by atoms with Gasteiger partial charge < -0.3 is 5.32 Å². The maximum atomic E-state index is 12.9. The average Bonchev–Trinajstić information content (AvgIpc) is 3.43. The van der Waals surface area contributed by atoms with Gasteiger partial charge >= 0.3 is 0 Å². The molecule has 1 N–H and O–H groups in total. The van der Waals surface area contributed by atoms with Gasteiger partial charge in [0.1, 0.15) is 5.25 Å². The number of aryl methyl sites for hydroxylation is 2. The van der Waals surface area contributed by atoms with Gasteiger partial charge in [-0.3, -0.25) is 14.5 Å². The molecule has 0 aromatic heterocycles. The fraction of sp³-hybridized carbons (Fsp3) is 0.318. The van der Waals surface area contributed by atoms with Crippen LogP contribution in [0, 0.1) is 13.8 Å². The molecule has 2 aromatic rings. The number of thioether (sulfide) groups is 1. The largest absolute Gasteiger partial charge is 0.326 e. The zero-order valence-corrected chi connectivity index (χ0v) is 16.8. The Bertz CT molecular complexity index is 935. The highest BCUT2D eigenvalue weighted by Gasteiger charge is 2.46. The van der Waals surface area contributed by atoms with Gasteiger partial charge in [0.25, 0.3) is 0 Å². The maximum absolute atomic E-state index is 12.9. The van der Waals surface area contributed by atoms with Gasteiger partial charge in [0, 0.05) is 18.2 Å². The summed E-state index contributed by atoms with van der Waals surface area (Å²) in [5.41, 5.74) is 3.85. The molecule has 1 heterocycles. The number of carbonyl (C=O) groups is 2. The normalized spacial score (nSPS) is 20.6. The van der Waals surface area contributed by atoms with Crippen molar-refractivity contribution in [1.29, 1.82) is 0 Å². The molecular formula is C22H23N3O2S. The highest BCUT2D eigenvalue weighted by Crippen LogP contribution is 2.39. The van der Waals surface area contributed by atoms with E-state index in [9.17, 15) is 9.59 Å². The van der Waals surface area contributed by atoms with Gasteiger partial charge in [-0.2, -0.15) is 0 Å². The highest BCUT2D eigenvalue weighted by molar-refractivity contribution is 8.15. The van der Waals surface area contributed by atoms with E-state index in [-0.39, 0.29) is 24.3 Å². The summed E-state index contributed by atoms with van der Waals surface area (Å²) in [5, 5.41) is 3.18. The van der Waals surface area contributed by atoms with E-state index >= 15 is 0 Å². The van der Waals surface area contributed by atoms with E-state index in [4.69, 9.17) is 4.99 Å². The van der Waals surface area contributed by atoms with Gasteiger partial charge in [-0.25, -0.2) is 4.99 Å². The van der Waals surface area contributed by atoms with E-state index < -0.39 is 5.25 Å². The first kappa shape index (κ1) is 18.7. The van der Waals surface area contributed by atoms with Gasteiger partial charge in [-0.1, -0.05) is 41.6 Å². The molecule has 6 heteroatoms. The lowest BCUT2D eigenvalue weighted by Gasteiger charge is -2.15. The SMILES string of the molecule is Cc1ccc(NC(=O)C[C@H]2SC(=Nc3cccc(C)c3)N(C3CC3)C2=O)cc1. The Labute approximate surface area is 169 Å². The minimum absolute atomic E-state index is 0.00189. The van der Waals surface area contributed by atoms with Crippen LogP contribution in [-0.4, -0.2) is 33.2 Å². The second-order valence-corrected chi connectivity index (χ2v) is 8.57. The summed E-state index contributed by atoms with van der Waals surface area (Å²) in [6, 6.07) is 15.8. The highest BCUT2D eigenvalue weighted by atomic mass is 32.2. The summed E-state index contributed by atoms with van der Waals surface area (Å²) in [5.74, 6) is -0.153. The van der Waals surface area contributed by atoms with Crippen LogP contribution in [0.1, 0.15) is 30.4 Å². The lowest BCUT2D eigenvalue weighted by Crippen LogP contribution is -2.35. The molecule has 4 rings (SSSR count). The van der Waals surface area contributed by atoms with Crippen molar-refractivity contribution in [1.82, 2.24) is 4.90 Å². The first-order valence-corrected chi connectivity index (χ1v) is 10.4. The second-order valence-electron chi connectivity index (χ2n) is 7.40. The quantitative estimate of drug-likeness (QED) is 0.818. The smallest absolute Gasteiger partial charge is 0.242 e. The van der Waals surface area contributed by atoms with E-state index in [1.165, 1.54) is 11.8 Å². The third kappa shape index (κ3) is 4.28. The Kier molecular flexibility index (Phi) is 5.22. The maximum Gasteiger partial charge on any atom is 0.242 e. The van der Waals surface area contributed by atoms with Crippen LogP contribution in [0.4, 0.5) is 11.4 Å². The molecular weight excluding hydrogens is 370 g/mol. The lowest BCUT2D eigenvalue weighted by molar-refractivity contribution is -0.128. The molecule has 1 saturated carbocycles. The Morgan fingerprint density at radius 3 is 2.57 bits per heavy atom. The molecule has 1 atom stereocenters. The Balaban J connectivity index is 1.48. The minimum atomic E-state index is -0.422. The van der Waals surface area contributed by atoms with E-state index in [0.717, 1.165) is 35.3 Å². The van der Waals surface area contributed by atoms with Crippen molar-refractivity contribution in [2.45, 2.75) is 44.4 Å². The van der Waals surface area contributed by atoms with E-state index in [1.807, 2.05) is 62.4 Å². The zero-order valence-electron chi connectivity index (χ0n) is 16.0. The van der Waals surface area contributed by atoms with E-state index in [1.54, 1.807) is 4.90 Å². The summed E-state index contributed by atoms with van der Waals surface area (Å²) in [6.45, 7) is 4.02. The van der Waals surface area contributed by atoms with E-state index in [2.05, 4.69) is 5.32 Å². The molecule has 1 aliphatic heterocycles. The van der Waals surface area contributed by atoms with Crippen molar-refractivity contribution in [2.75, 3.05) is 5.32 Å². The topological polar surface area (TPSA) is 61.8 Å². The number of hydrogen-bond donors (Lipinski definition) is 1. The van der Waals surface area contributed by atoms with Crippen LogP contribution in [0.25, 0.3) is 0 Å². The van der Waals surface area contributed by atoms with Gasteiger partial charge in [-0.05, 0) is 56.5 Å². The van der Waals surface area contributed by atoms with Gasteiger partial charge in [0.2, 0.25) is 11.8 Å². The summed E-state index contributed by atoms with van der Waals surface area (Å²) in [7, 11) is 0. The van der Waals surface area contributed by atoms with Crippen molar-refractivity contribution >= 4 is 40.1 Å². The molecule has 28 heavy (non-hydrogen) atoms. The van der Waals surface area contributed by atoms with Gasteiger partial charge in [0.15, 0.2) is 5.17 Å². The van der Waals surface area contributed by atoms with Crippen LogP contribution in [0.2, 0.25) is 0 Å². The standard InChI is InChI=1S/C22H23N3O2S/c1-14-6-8-16(9-7-14)23-20(26)13-19-21(27)25(18-10-11-18)22(28-19)24-17-5-3-4-15(2)12-17/h3-9,12,18-19H,10-11,13H2,1-2H3,(H,23,26)/t19-/m1/s1. The van der Waals surface area contributed by atoms with Gasteiger partial charge in [0.05, 0.1) is 5.69 Å². The molecule has 2 aliphatic rings. The fourth-order valence-electron chi connectivity index (χ4n) is 3.19. The van der Waals surface area contributed by atoms with Crippen molar-refractivity contribution in [3.63, 3.8) is 0 Å². The Morgan fingerprint density at radius 1 is 1.14 bits per heavy atom. The third-order valence-corrected chi connectivity index (χ3v) is 5.96. The van der Waals surface area contributed by atoms with Crippen molar-refractivity contribution in [2.24, 2.45) is 4.99 Å². The lowest BCUT2D eigenvalue weighted by atomic mass is 10.2. The van der Waals surface area contributed by atoms with Crippen molar-refractivity contribution in [3.05, 3.63) is 59.7 Å². The number of rotatable bonds is 5. The molecule has 0 unspecified atom stereocenters. The number of aliphatic imine (C=N–C) groups is 1. The predicted molar refractivity (Wildman–Crippen MR) is 114 cm³/mol. The number of benzene rings is 2. The number of amides is 2. The van der Waals surface area contributed by atoms with E-state index in [0.29, 0.717) is 5.17 Å². The molecule has 0 spiro atoms. The molecule has 1 saturated heterocycles. The Morgan fingerprint density at radius 2 is 1.89 bits per heavy atom. The summed E-state index contributed by atoms with van der Waals surface area (Å²) in [4.78, 5) is 31.9. The molecule has 2 aromatic carbocycles. The predicted octanol–water partition coefficient (Wildman–Crippen LogP) is 4.43. The number of carbonyl (C=O) groups excluding carboxylic acids is 2. The number of amidine groups is 1. The number of anilines is 1. The molecule has 5 nitrogen and oxygen atoms in total. The monoisotopic (exact) mass is 393 g/mol. The molecule has 2 fully saturated rings. The van der Waals surface area contributed by atoms with Crippen LogP contribution < -0.4 is 5.32 Å². The zero-order chi connectivity index (χ0) is 19.7. The molecule has 0 radical (unpaired) electrons. The van der Waals surface area contributed by atoms with Crippen LogP contribution >= 0.6 is 11.8 Å². The van der Waals surface area contributed by atoms with Crippen molar-refractivity contribution < 1.29 is 9.59 Å². The number of nitrogens with zero attached hydrogens (tertiary/aromatic N) is 2. The molecule has 0 bridgehead atoms. The first-order valence-electron chi connectivity index (χ1n) is 9.51. The van der Waals surface area contributed by atoms with Gasteiger partial charge in [-0.15, -0.1) is 0 Å². The van der Waals surface area contributed by atoms with Crippen LogP contribution in [0.15, 0.2) is 53.5 Å². The first-order chi connectivity index (χ1) is 13.5. The Hall–Kier alpha value is -2.60. The average molecular weight is 394 g/mol. The van der Waals surface area contributed by atoms with Crippen LogP contribution in [0.5, 0.6) is 0 Å². The third-order valence-electron chi connectivity index (χ3n) is 4.81. The molecule has 144 valence electrons. The molecule has 2 amide bonds. The number of nitrogens with one attached hydrogen (secondary N) is 1. The fourth-order valence-corrected chi connectivity index (χ4v) is 4.40.